The minimum atomic E-state index is -0.348. The van der Waals surface area contributed by atoms with Crippen molar-refractivity contribution in [1.29, 1.82) is 0 Å². The number of amides is 2. The zero-order valence-corrected chi connectivity index (χ0v) is 21.6. The summed E-state index contributed by atoms with van der Waals surface area (Å²) in [6, 6.07) is 17.8. The Bertz CT molecular complexity index is 1170. The van der Waals surface area contributed by atoms with Crippen LogP contribution in [0.15, 0.2) is 65.1 Å². The molecule has 0 spiro atoms. The average Bonchev–Trinajstić information content (AvgIpc) is 2.86. The van der Waals surface area contributed by atoms with Gasteiger partial charge in [-0.15, -0.1) is 0 Å². The fourth-order valence-electron chi connectivity index (χ4n) is 3.38. The van der Waals surface area contributed by atoms with Crippen molar-refractivity contribution in [3.8, 4) is 17.2 Å². The molecular formula is C27H29BrN2O5. The summed E-state index contributed by atoms with van der Waals surface area (Å²) in [6.45, 7) is 6.29. The molecule has 0 fully saturated rings. The van der Waals surface area contributed by atoms with Crippen LogP contribution in [0.2, 0.25) is 0 Å². The van der Waals surface area contributed by atoms with E-state index in [1.54, 1.807) is 36.4 Å². The third-order valence-electron chi connectivity index (χ3n) is 5.00. The van der Waals surface area contributed by atoms with Crippen LogP contribution in [0.1, 0.15) is 36.7 Å². The molecule has 8 heteroatoms. The molecule has 0 radical (unpaired) electrons. The molecule has 0 heterocycles. The highest BCUT2D eigenvalue weighted by Crippen LogP contribution is 2.37. The summed E-state index contributed by atoms with van der Waals surface area (Å²) in [4.78, 5) is 25.4. The highest BCUT2D eigenvalue weighted by Gasteiger charge is 2.17. The lowest BCUT2D eigenvalue weighted by molar-refractivity contribution is -0.118. The molecule has 0 aliphatic rings. The summed E-state index contributed by atoms with van der Waals surface area (Å²) in [6.07, 6.45) is 0.777. The van der Waals surface area contributed by atoms with E-state index in [1.165, 1.54) is 0 Å². The Morgan fingerprint density at radius 3 is 2.00 bits per heavy atom. The van der Waals surface area contributed by atoms with Crippen molar-refractivity contribution >= 4 is 39.1 Å². The molecule has 0 aliphatic carbocycles. The Balaban J connectivity index is 1.79. The van der Waals surface area contributed by atoms with Gasteiger partial charge in [0.25, 0.3) is 11.8 Å². The summed E-state index contributed by atoms with van der Waals surface area (Å²) in [5, 5.41) is 5.70. The van der Waals surface area contributed by atoms with E-state index in [0.717, 1.165) is 16.5 Å². The van der Waals surface area contributed by atoms with Gasteiger partial charge in [-0.3, -0.25) is 9.59 Å². The van der Waals surface area contributed by atoms with Crippen LogP contribution in [0.25, 0.3) is 0 Å². The van der Waals surface area contributed by atoms with E-state index in [4.69, 9.17) is 14.2 Å². The first-order valence-corrected chi connectivity index (χ1v) is 12.3. The second-order valence-electron chi connectivity index (χ2n) is 7.47. The summed E-state index contributed by atoms with van der Waals surface area (Å²) in [7, 11) is 0. The normalized spacial score (nSPS) is 10.4. The van der Waals surface area contributed by atoms with Crippen LogP contribution in [0, 0.1) is 0 Å². The van der Waals surface area contributed by atoms with Gasteiger partial charge in [-0.1, -0.05) is 41.1 Å². The van der Waals surface area contributed by atoms with Crippen molar-refractivity contribution in [2.75, 3.05) is 30.5 Å². The Hall–Kier alpha value is -3.52. The predicted octanol–water partition coefficient (Wildman–Crippen LogP) is 6.08. The molecule has 0 unspecified atom stereocenters. The van der Waals surface area contributed by atoms with Crippen LogP contribution in [0.5, 0.6) is 17.2 Å². The Morgan fingerprint density at radius 1 is 0.771 bits per heavy atom. The van der Waals surface area contributed by atoms with E-state index in [1.807, 2.05) is 45.0 Å². The molecule has 7 nitrogen and oxygen atoms in total. The average molecular weight is 541 g/mol. The third-order valence-corrected chi connectivity index (χ3v) is 5.50. The smallest absolute Gasteiger partial charge is 0.262 e. The molecular weight excluding hydrogens is 512 g/mol. The highest BCUT2D eigenvalue weighted by molar-refractivity contribution is 9.10. The molecule has 0 aromatic heterocycles. The maximum Gasteiger partial charge on any atom is 0.262 e. The molecule has 3 aromatic rings. The first-order chi connectivity index (χ1) is 16.9. The number of ether oxygens (including phenoxy) is 3. The van der Waals surface area contributed by atoms with Crippen LogP contribution < -0.4 is 24.8 Å². The molecule has 3 aromatic carbocycles. The molecule has 0 atom stereocenters. The van der Waals surface area contributed by atoms with Crippen molar-refractivity contribution in [2.24, 2.45) is 0 Å². The Kier molecular flexibility index (Phi) is 9.55. The van der Waals surface area contributed by atoms with Crippen molar-refractivity contribution in [1.82, 2.24) is 0 Å². The van der Waals surface area contributed by atoms with Crippen molar-refractivity contribution in [2.45, 2.75) is 27.2 Å². The van der Waals surface area contributed by atoms with E-state index in [2.05, 4.69) is 26.6 Å². The van der Waals surface area contributed by atoms with Gasteiger partial charge in [-0.2, -0.15) is 0 Å². The second-order valence-corrected chi connectivity index (χ2v) is 8.39. The molecule has 3 rings (SSSR count). The number of carbonyl (C=O) groups is 2. The molecule has 184 valence electrons. The van der Waals surface area contributed by atoms with Crippen LogP contribution >= 0.6 is 15.9 Å². The highest BCUT2D eigenvalue weighted by atomic mass is 79.9. The minimum absolute atomic E-state index is 0.170. The van der Waals surface area contributed by atoms with E-state index in [-0.39, 0.29) is 18.4 Å². The number of rotatable bonds is 11. The number of hydrogen-bond acceptors (Lipinski definition) is 5. The van der Waals surface area contributed by atoms with Crippen LogP contribution in [0.3, 0.4) is 0 Å². The molecule has 0 saturated heterocycles. The lowest BCUT2D eigenvalue weighted by Gasteiger charge is -2.18. The number of halogens is 1. The van der Waals surface area contributed by atoms with E-state index in [9.17, 15) is 9.59 Å². The first kappa shape index (κ1) is 26.1. The van der Waals surface area contributed by atoms with Gasteiger partial charge in [0.05, 0.1) is 24.6 Å². The predicted molar refractivity (Wildman–Crippen MR) is 141 cm³/mol. The standard InChI is InChI=1S/C27H29BrN2O5/c1-4-18-14-20(28)12-13-23(18)35-17-26(31)29-21-15-25(34-6-3)22(16-24(21)33-5-2)30-27(32)19-10-8-7-9-11-19/h7-16H,4-6,17H2,1-3H3,(H,29,31)(H,30,32). The van der Waals surface area contributed by atoms with Crippen LogP contribution in [-0.4, -0.2) is 31.6 Å². The summed E-state index contributed by atoms with van der Waals surface area (Å²) in [5.74, 6) is 0.855. The van der Waals surface area contributed by atoms with Crippen molar-refractivity contribution in [3.05, 3.63) is 76.3 Å². The number of carbonyl (C=O) groups excluding carboxylic acids is 2. The quantitative estimate of drug-likeness (QED) is 0.308. The zero-order valence-electron chi connectivity index (χ0n) is 20.0. The van der Waals surface area contributed by atoms with Gasteiger partial charge in [0.1, 0.15) is 17.2 Å². The first-order valence-electron chi connectivity index (χ1n) is 11.5. The summed E-state index contributed by atoms with van der Waals surface area (Å²) < 4.78 is 18.2. The molecule has 0 saturated carbocycles. The maximum atomic E-state index is 12.7. The number of aryl methyl sites for hydroxylation is 1. The van der Waals surface area contributed by atoms with Crippen molar-refractivity contribution < 1.29 is 23.8 Å². The molecule has 2 amide bonds. The van der Waals surface area contributed by atoms with Crippen LogP contribution in [-0.2, 0) is 11.2 Å². The zero-order chi connectivity index (χ0) is 25.2. The minimum Gasteiger partial charge on any atom is -0.492 e. The number of nitrogens with one attached hydrogen (secondary N) is 2. The van der Waals surface area contributed by atoms with Crippen LogP contribution in [0.4, 0.5) is 11.4 Å². The van der Waals surface area contributed by atoms with Gasteiger partial charge in [0.2, 0.25) is 0 Å². The third kappa shape index (κ3) is 7.23. The second kappa shape index (κ2) is 12.8. The fourth-order valence-corrected chi connectivity index (χ4v) is 3.79. The number of benzene rings is 3. The summed E-state index contributed by atoms with van der Waals surface area (Å²) in [5.41, 5.74) is 2.38. The molecule has 35 heavy (non-hydrogen) atoms. The lowest BCUT2D eigenvalue weighted by atomic mass is 10.1. The van der Waals surface area contributed by atoms with Gasteiger partial charge in [0.15, 0.2) is 6.61 Å². The van der Waals surface area contributed by atoms with Gasteiger partial charge in [-0.25, -0.2) is 0 Å². The van der Waals surface area contributed by atoms with Gasteiger partial charge >= 0.3 is 0 Å². The Morgan fingerprint density at radius 2 is 1.40 bits per heavy atom. The molecule has 2 N–H and O–H groups in total. The Labute approximate surface area is 213 Å². The van der Waals surface area contributed by atoms with E-state index in [0.29, 0.717) is 47.4 Å². The maximum absolute atomic E-state index is 12.7. The van der Waals surface area contributed by atoms with E-state index < -0.39 is 0 Å². The van der Waals surface area contributed by atoms with Gasteiger partial charge in [0, 0.05) is 22.2 Å². The van der Waals surface area contributed by atoms with Crippen molar-refractivity contribution in [3.63, 3.8) is 0 Å². The SMILES string of the molecule is CCOc1cc(NC(=O)c2ccccc2)c(OCC)cc1NC(=O)COc1ccc(Br)cc1CC. The molecule has 0 bridgehead atoms. The van der Waals surface area contributed by atoms with Gasteiger partial charge in [-0.05, 0) is 56.2 Å². The fraction of sp³-hybridized carbons (Fsp3) is 0.259. The monoisotopic (exact) mass is 540 g/mol. The number of anilines is 2. The lowest BCUT2D eigenvalue weighted by Crippen LogP contribution is -2.21. The summed E-state index contributed by atoms with van der Waals surface area (Å²) >= 11 is 3.45. The largest absolute Gasteiger partial charge is 0.492 e. The molecule has 0 aliphatic heterocycles. The van der Waals surface area contributed by atoms with E-state index >= 15 is 0 Å². The topological polar surface area (TPSA) is 85.9 Å². The number of hydrogen-bond donors (Lipinski definition) is 2. The van der Waals surface area contributed by atoms with Gasteiger partial charge < -0.3 is 24.8 Å².